The maximum atomic E-state index is 12.5. The van der Waals surface area contributed by atoms with Crippen molar-refractivity contribution in [1.29, 1.82) is 5.26 Å². The third-order valence-electron chi connectivity index (χ3n) is 4.00. The molecule has 1 heterocycles. The van der Waals surface area contributed by atoms with Gasteiger partial charge in [0.1, 0.15) is 0 Å². The van der Waals surface area contributed by atoms with Gasteiger partial charge in [-0.3, -0.25) is 4.79 Å². The van der Waals surface area contributed by atoms with Crippen molar-refractivity contribution in [1.82, 2.24) is 4.90 Å². The lowest BCUT2D eigenvalue weighted by molar-refractivity contribution is -0.136. The van der Waals surface area contributed by atoms with E-state index in [0.717, 1.165) is 19.5 Å². The second-order valence-electron chi connectivity index (χ2n) is 6.36. The molecule has 6 heteroatoms. The first-order valence-electron chi connectivity index (χ1n) is 8.21. The van der Waals surface area contributed by atoms with Crippen molar-refractivity contribution >= 4 is 21.8 Å². The molecular weight excluding hydrogens is 372 g/mol. The molecule has 24 heavy (non-hydrogen) atoms. The lowest BCUT2D eigenvalue weighted by Gasteiger charge is -2.35. The molecule has 5 nitrogen and oxygen atoms in total. The van der Waals surface area contributed by atoms with Crippen molar-refractivity contribution in [2.45, 2.75) is 27.2 Å². The number of halogens is 1. The summed E-state index contributed by atoms with van der Waals surface area (Å²) in [5.41, 5.74) is 0.475. The van der Waals surface area contributed by atoms with Crippen LogP contribution in [0, 0.1) is 23.2 Å². The summed E-state index contributed by atoms with van der Waals surface area (Å²) in [6.45, 7) is 8.16. The Kier molecular flexibility index (Phi) is 6.50. The van der Waals surface area contributed by atoms with E-state index in [1.54, 1.807) is 12.1 Å². The van der Waals surface area contributed by atoms with Crippen LogP contribution in [0.1, 0.15) is 32.8 Å². The fourth-order valence-electron chi connectivity index (χ4n) is 3.13. The van der Waals surface area contributed by atoms with Gasteiger partial charge in [-0.2, -0.15) is 5.26 Å². The minimum absolute atomic E-state index is 0.0212. The zero-order valence-electron chi connectivity index (χ0n) is 14.3. The number of nitriles is 1. The average Bonchev–Trinajstić information content (AvgIpc) is 2.52. The minimum atomic E-state index is -0.0377. The van der Waals surface area contributed by atoms with Crippen LogP contribution >= 0.6 is 15.9 Å². The number of hydrogen-bond acceptors (Lipinski definition) is 4. The molecule has 1 aromatic rings. The van der Waals surface area contributed by atoms with Crippen LogP contribution in [0.3, 0.4) is 0 Å². The molecule has 1 aliphatic rings. The van der Waals surface area contributed by atoms with Crippen molar-refractivity contribution in [3.8, 4) is 17.6 Å². The van der Waals surface area contributed by atoms with E-state index in [1.807, 2.05) is 11.8 Å². The summed E-state index contributed by atoms with van der Waals surface area (Å²) >= 11 is 3.39. The number of rotatable bonds is 5. The largest absolute Gasteiger partial charge is 0.490 e. The highest BCUT2D eigenvalue weighted by molar-refractivity contribution is 9.10. The fourth-order valence-corrected chi connectivity index (χ4v) is 3.68. The van der Waals surface area contributed by atoms with Gasteiger partial charge in [-0.15, -0.1) is 0 Å². The molecule has 0 spiro atoms. The standard InChI is InChI=1S/C18H23BrN2O3/c1-4-23-16-7-14(8-20)6-15(19)18(16)24-11-17(22)21-9-12(2)5-13(3)10-21/h6-7,12-13H,4-5,9-11H2,1-3H3. The zero-order valence-corrected chi connectivity index (χ0v) is 15.9. The molecule has 2 atom stereocenters. The Bertz CT molecular complexity index is 632. The van der Waals surface area contributed by atoms with Crippen molar-refractivity contribution in [3.05, 3.63) is 22.2 Å². The summed E-state index contributed by atoms with van der Waals surface area (Å²) in [5.74, 6) is 1.93. The van der Waals surface area contributed by atoms with E-state index in [9.17, 15) is 4.79 Å². The highest BCUT2D eigenvalue weighted by atomic mass is 79.9. The summed E-state index contributed by atoms with van der Waals surface area (Å²) in [4.78, 5) is 14.3. The third-order valence-corrected chi connectivity index (χ3v) is 4.59. The normalized spacial score (nSPS) is 20.4. The predicted octanol–water partition coefficient (Wildman–Crippen LogP) is 3.60. The quantitative estimate of drug-likeness (QED) is 0.764. The number of likely N-dealkylation sites (tertiary alicyclic amines) is 1. The number of benzene rings is 1. The lowest BCUT2D eigenvalue weighted by atomic mass is 9.92. The Balaban J connectivity index is 2.08. The van der Waals surface area contributed by atoms with Crippen molar-refractivity contribution in [3.63, 3.8) is 0 Å². The fraction of sp³-hybridized carbons (Fsp3) is 0.556. The van der Waals surface area contributed by atoms with Crippen LogP contribution in [0.25, 0.3) is 0 Å². The maximum Gasteiger partial charge on any atom is 0.260 e. The van der Waals surface area contributed by atoms with Crippen LogP contribution in [0.15, 0.2) is 16.6 Å². The monoisotopic (exact) mass is 394 g/mol. The molecule has 0 N–H and O–H groups in total. The molecule has 1 saturated heterocycles. The Morgan fingerprint density at radius 2 is 2.00 bits per heavy atom. The summed E-state index contributed by atoms with van der Waals surface area (Å²) in [5, 5.41) is 9.06. The molecule has 2 rings (SSSR count). The van der Waals surface area contributed by atoms with E-state index in [1.165, 1.54) is 0 Å². The van der Waals surface area contributed by atoms with E-state index in [-0.39, 0.29) is 12.5 Å². The molecular formula is C18H23BrN2O3. The molecule has 0 saturated carbocycles. The molecule has 130 valence electrons. The Hall–Kier alpha value is -1.74. The number of hydrogen-bond donors (Lipinski definition) is 0. The SMILES string of the molecule is CCOc1cc(C#N)cc(Br)c1OCC(=O)N1CC(C)CC(C)C1. The highest BCUT2D eigenvalue weighted by Gasteiger charge is 2.26. The molecule has 0 radical (unpaired) electrons. The second kappa shape index (κ2) is 8.39. The van der Waals surface area contributed by atoms with Gasteiger partial charge in [0.25, 0.3) is 5.91 Å². The molecule has 0 aliphatic carbocycles. The van der Waals surface area contributed by atoms with Crippen molar-refractivity contribution in [2.75, 3.05) is 26.3 Å². The third kappa shape index (κ3) is 4.64. The summed E-state index contributed by atoms with van der Waals surface area (Å²) in [7, 11) is 0. The Morgan fingerprint density at radius 1 is 1.33 bits per heavy atom. The van der Waals surface area contributed by atoms with Gasteiger partial charge in [-0.05, 0) is 47.2 Å². The highest BCUT2D eigenvalue weighted by Crippen LogP contribution is 2.37. The Labute approximate surface area is 151 Å². The van der Waals surface area contributed by atoms with Crippen molar-refractivity contribution < 1.29 is 14.3 Å². The van der Waals surface area contributed by atoms with E-state index in [4.69, 9.17) is 14.7 Å². The number of ether oxygens (including phenoxy) is 2. The molecule has 2 unspecified atom stereocenters. The minimum Gasteiger partial charge on any atom is -0.490 e. The smallest absolute Gasteiger partial charge is 0.260 e. The topological polar surface area (TPSA) is 62.6 Å². The first-order chi connectivity index (χ1) is 11.4. The van der Waals surface area contributed by atoms with Crippen LogP contribution in [0.5, 0.6) is 11.5 Å². The van der Waals surface area contributed by atoms with Crippen LogP contribution in [0.2, 0.25) is 0 Å². The number of carbonyl (C=O) groups is 1. The van der Waals surface area contributed by atoms with Gasteiger partial charge in [-0.1, -0.05) is 13.8 Å². The van der Waals surface area contributed by atoms with E-state index in [2.05, 4.69) is 35.8 Å². The van der Waals surface area contributed by atoms with E-state index in [0.29, 0.717) is 40.0 Å². The molecule has 0 aromatic heterocycles. The average molecular weight is 395 g/mol. The molecule has 1 fully saturated rings. The van der Waals surface area contributed by atoms with Crippen LogP contribution in [-0.4, -0.2) is 37.1 Å². The van der Waals surface area contributed by atoms with Gasteiger partial charge in [0.05, 0.1) is 22.7 Å². The van der Waals surface area contributed by atoms with Gasteiger partial charge >= 0.3 is 0 Å². The summed E-state index contributed by atoms with van der Waals surface area (Å²) < 4.78 is 11.9. The number of piperidine rings is 1. The summed E-state index contributed by atoms with van der Waals surface area (Å²) in [6, 6.07) is 5.36. The van der Waals surface area contributed by atoms with Gasteiger partial charge in [0.15, 0.2) is 18.1 Å². The Morgan fingerprint density at radius 3 is 2.58 bits per heavy atom. The van der Waals surface area contributed by atoms with Gasteiger partial charge < -0.3 is 14.4 Å². The zero-order chi connectivity index (χ0) is 17.7. The second-order valence-corrected chi connectivity index (χ2v) is 7.22. The van der Waals surface area contributed by atoms with Crippen LogP contribution in [0.4, 0.5) is 0 Å². The van der Waals surface area contributed by atoms with Crippen LogP contribution < -0.4 is 9.47 Å². The lowest BCUT2D eigenvalue weighted by Crippen LogP contribution is -2.44. The molecule has 1 aromatic carbocycles. The molecule has 0 bridgehead atoms. The van der Waals surface area contributed by atoms with Gasteiger partial charge in [0.2, 0.25) is 0 Å². The number of amides is 1. The van der Waals surface area contributed by atoms with Gasteiger partial charge in [-0.25, -0.2) is 0 Å². The number of carbonyl (C=O) groups excluding carboxylic acids is 1. The van der Waals surface area contributed by atoms with Crippen molar-refractivity contribution in [2.24, 2.45) is 11.8 Å². The molecule has 1 amide bonds. The van der Waals surface area contributed by atoms with Crippen LogP contribution in [-0.2, 0) is 4.79 Å². The summed E-state index contributed by atoms with van der Waals surface area (Å²) in [6.07, 6.45) is 1.15. The molecule has 1 aliphatic heterocycles. The van der Waals surface area contributed by atoms with E-state index >= 15 is 0 Å². The predicted molar refractivity (Wildman–Crippen MR) is 95.0 cm³/mol. The van der Waals surface area contributed by atoms with Gasteiger partial charge in [0, 0.05) is 19.2 Å². The first kappa shape index (κ1) is 18.6. The first-order valence-corrected chi connectivity index (χ1v) is 9.00. The number of nitrogens with zero attached hydrogens (tertiary/aromatic N) is 2. The van der Waals surface area contributed by atoms with E-state index < -0.39 is 0 Å². The maximum absolute atomic E-state index is 12.5.